The van der Waals surface area contributed by atoms with Crippen LogP contribution in [0.1, 0.15) is 21.7 Å². The van der Waals surface area contributed by atoms with E-state index in [0.29, 0.717) is 42.5 Å². The minimum Gasteiger partial charge on any atom is -0.497 e. The van der Waals surface area contributed by atoms with Crippen molar-refractivity contribution < 1.29 is 19.0 Å². The highest BCUT2D eigenvalue weighted by molar-refractivity contribution is 5.94. The Morgan fingerprint density at radius 1 is 1.03 bits per heavy atom. The van der Waals surface area contributed by atoms with Crippen molar-refractivity contribution in [2.75, 3.05) is 20.8 Å². The molecular formula is C28H29N3O4. The third kappa shape index (κ3) is 5.63. The number of methoxy groups -OCH3 is 2. The zero-order valence-corrected chi connectivity index (χ0v) is 20.0. The molecule has 0 aliphatic carbocycles. The maximum Gasteiger partial charge on any atom is 0.251 e. The Balaban J connectivity index is 1.47. The van der Waals surface area contributed by atoms with Gasteiger partial charge in [0.1, 0.15) is 18.2 Å². The lowest BCUT2D eigenvalue weighted by Gasteiger charge is -2.14. The summed E-state index contributed by atoms with van der Waals surface area (Å²) in [4.78, 5) is 17.4. The Kier molecular flexibility index (Phi) is 7.67. The number of allylic oxidation sites excluding steroid dienone is 1. The van der Waals surface area contributed by atoms with Gasteiger partial charge in [-0.15, -0.1) is 6.58 Å². The molecule has 1 heterocycles. The lowest BCUT2D eigenvalue weighted by atomic mass is 10.1. The minimum atomic E-state index is -0.174. The molecule has 0 unspecified atom stereocenters. The van der Waals surface area contributed by atoms with E-state index in [9.17, 15) is 4.79 Å². The number of rotatable bonds is 11. The van der Waals surface area contributed by atoms with Crippen LogP contribution in [0.15, 0.2) is 79.4 Å². The van der Waals surface area contributed by atoms with Crippen molar-refractivity contribution in [3.8, 4) is 17.2 Å². The molecule has 1 amide bonds. The van der Waals surface area contributed by atoms with Crippen LogP contribution >= 0.6 is 0 Å². The molecular weight excluding hydrogens is 442 g/mol. The monoisotopic (exact) mass is 471 g/mol. The van der Waals surface area contributed by atoms with Gasteiger partial charge in [-0.2, -0.15) is 0 Å². The van der Waals surface area contributed by atoms with E-state index >= 15 is 0 Å². The van der Waals surface area contributed by atoms with Crippen LogP contribution in [0.3, 0.4) is 0 Å². The van der Waals surface area contributed by atoms with Crippen molar-refractivity contribution in [1.82, 2.24) is 14.9 Å². The summed E-state index contributed by atoms with van der Waals surface area (Å²) in [7, 11) is 3.23. The van der Waals surface area contributed by atoms with E-state index in [1.165, 1.54) is 0 Å². The van der Waals surface area contributed by atoms with Crippen molar-refractivity contribution in [2.24, 2.45) is 0 Å². The van der Waals surface area contributed by atoms with Crippen LogP contribution < -0.4 is 19.5 Å². The van der Waals surface area contributed by atoms with Gasteiger partial charge in [0.25, 0.3) is 5.91 Å². The number of para-hydroxylation sites is 2. The highest BCUT2D eigenvalue weighted by atomic mass is 16.5. The average Bonchev–Trinajstić information content (AvgIpc) is 3.25. The van der Waals surface area contributed by atoms with E-state index < -0.39 is 0 Å². The molecule has 0 spiro atoms. The van der Waals surface area contributed by atoms with Gasteiger partial charge in [0.15, 0.2) is 11.5 Å². The molecule has 0 radical (unpaired) electrons. The molecule has 1 N–H and O–H groups in total. The fourth-order valence-corrected chi connectivity index (χ4v) is 3.89. The van der Waals surface area contributed by atoms with Crippen LogP contribution in [-0.4, -0.2) is 36.3 Å². The molecule has 3 aromatic carbocycles. The molecule has 0 fully saturated rings. The quantitative estimate of drug-likeness (QED) is 0.318. The number of hydrogen-bond donors (Lipinski definition) is 1. The first-order valence-electron chi connectivity index (χ1n) is 11.4. The van der Waals surface area contributed by atoms with Crippen molar-refractivity contribution >= 4 is 16.9 Å². The Hall–Kier alpha value is -4.26. The van der Waals surface area contributed by atoms with Crippen molar-refractivity contribution in [3.05, 3.63) is 96.3 Å². The topological polar surface area (TPSA) is 74.6 Å². The van der Waals surface area contributed by atoms with Gasteiger partial charge in [0.2, 0.25) is 0 Å². The molecule has 7 heteroatoms. The fraction of sp³-hybridized carbons (Fsp3) is 0.214. The molecule has 1 aromatic heterocycles. The summed E-state index contributed by atoms with van der Waals surface area (Å²) < 4.78 is 18.8. The van der Waals surface area contributed by atoms with Gasteiger partial charge in [0.05, 0.1) is 38.3 Å². The third-order valence-corrected chi connectivity index (χ3v) is 5.67. The first-order chi connectivity index (χ1) is 17.1. The summed E-state index contributed by atoms with van der Waals surface area (Å²) in [5.74, 6) is 2.65. The minimum absolute atomic E-state index is 0.174. The van der Waals surface area contributed by atoms with E-state index in [4.69, 9.17) is 19.2 Å². The fourth-order valence-electron chi connectivity index (χ4n) is 3.89. The lowest BCUT2D eigenvalue weighted by Crippen LogP contribution is -2.25. The SMILES string of the molecule is C=CCc1ccc(OCCn2c(CNC(=O)c3ccc(OC)cc3)nc3ccccc32)c(OC)c1. The average molecular weight is 472 g/mol. The lowest BCUT2D eigenvalue weighted by molar-refractivity contribution is 0.0949. The van der Waals surface area contributed by atoms with Gasteiger partial charge < -0.3 is 24.1 Å². The maximum absolute atomic E-state index is 12.7. The Morgan fingerprint density at radius 3 is 2.57 bits per heavy atom. The van der Waals surface area contributed by atoms with Gasteiger partial charge in [-0.05, 0) is 60.5 Å². The normalized spacial score (nSPS) is 10.7. The number of nitrogens with one attached hydrogen (secondary N) is 1. The predicted molar refractivity (Wildman–Crippen MR) is 136 cm³/mol. The summed E-state index contributed by atoms with van der Waals surface area (Å²) >= 11 is 0. The molecule has 35 heavy (non-hydrogen) atoms. The second-order valence-corrected chi connectivity index (χ2v) is 7.91. The Bertz CT molecular complexity index is 1310. The molecule has 4 rings (SSSR count). The molecule has 0 atom stereocenters. The second-order valence-electron chi connectivity index (χ2n) is 7.91. The van der Waals surface area contributed by atoms with Gasteiger partial charge in [0, 0.05) is 5.56 Å². The number of carbonyl (C=O) groups excluding carboxylic acids is 1. The van der Waals surface area contributed by atoms with E-state index in [-0.39, 0.29) is 5.91 Å². The third-order valence-electron chi connectivity index (χ3n) is 5.67. The predicted octanol–water partition coefficient (Wildman–Crippen LogP) is 4.79. The molecule has 7 nitrogen and oxygen atoms in total. The van der Waals surface area contributed by atoms with E-state index in [1.807, 2.05) is 48.5 Å². The van der Waals surface area contributed by atoms with E-state index in [1.54, 1.807) is 38.5 Å². The van der Waals surface area contributed by atoms with Crippen LogP contribution in [0, 0.1) is 0 Å². The largest absolute Gasteiger partial charge is 0.497 e. The highest BCUT2D eigenvalue weighted by Crippen LogP contribution is 2.28. The van der Waals surface area contributed by atoms with Crippen LogP contribution in [0.2, 0.25) is 0 Å². The highest BCUT2D eigenvalue weighted by Gasteiger charge is 2.13. The number of fused-ring (bicyclic) bond motifs is 1. The van der Waals surface area contributed by atoms with Gasteiger partial charge in [-0.1, -0.05) is 24.3 Å². The summed E-state index contributed by atoms with van der Waals surface area (Å²) in [6.07, 6.45) is 2.62. The first-order valence-corrected chi connectivity index (χ1v) is 11.4. The zero-order valence-electron chi connectivity index (χ0n) is 20.0. The number of benzene rings is 3. The summed E-state index contributed by atoms with van der Waals surface area (Å²) in [6.45, 7) is 5.05. The van der Waals surface area contributed by atoms with E-state index in [0.717, 1.165) is 28.8 Å². The summed E-state index contributed by atoms with van der Waals surface area (Å²) in [5.41, 5.74) is 3.52. The summed E-state index contributed by atoms with van der Waals surface area (Å²) in [6, 6.07) is 20.8. The Labute approximate surface area is 205 Å². The molecule has 0 saturated heterocycles. The van der Waals surface area contributed by atoms with Crippen LogP contribution in [0.4, 0.5) is 0 Å². The van der Waals surface area contributed by atoms with Gasteiger partial charge in [-0.25, -0.2) is 4.98 Å². The molecule has 0 saturated carbocycles. The number of aromatic nitrogens is 2. The number of ether oxygens (including phenoxy) is 3. The molecule has 180 valence electrons. The van der Waals surface area contributed by atoms with Crippen molar-refractivity contribution in [1.29, 1.82) is 0 Å². The molecule has 4 aromatic rings. The number of imidazole rings is 1. The summed E-state index contributed by atoms with van der Waals surface area (Å²) in [5, 5.41) is 2.97. The zero-order chi connectivity index (χ0) is 24.6. The van der Waals surface area contributed by atoms with Gasteiger partial charge >= 0.3 is 0 Å². The van der Waals surface area contributed by atoms with Crippen LogP contribution in [-0.2, 0) is 19.5 Å². The van der Waals surface area contributed by atoms with Crippen LogP contribution in [0.25, 0.3) is 11.0 Å². The standard InChI is InChI=1S/C28H29N3O4/c1-4-7-20-10-15-25(26(18-20)34-3)35-17-16-31-24-9-6-5-8-23(24)30-27(31)19-29-28(32)21-11-13-22(33-2)14-12-21/h4-6,8-15,18H,1,7,16-17,19H2,2-3H3,(H,29,32). The van der Waals surface area contributed by atoms with Crippen LogP contribution in [0.5, 0.6) is 17.2 Å². The van der Waals surface area contributed by atoms with Gasteiger partial charge in [-0.3, -0.25) is 4.79 Å². The number of nitrogens with zero attached hydrogens (tertiary/aromatic N) is 2. The smallest absolute Gasteiger partial charge is 0.251 e. The van der Waals surface area contributed by atoms with Crippen molar-refractivity contribution in [3.63, 3.8) is 0 Å². The first kappa shape index (κ1) is 23.9. The molecule has 0 bridgehead atoms. The molecule has 0 aliphatic heterocycles. The van der Waals surface area contributed by atoms with E-state index in [2.05, 4.69) is 16.5 Å². The maximum atomic E-state index is 12.7. The number of hydrogen-bond acceptors (Lipinski definition) is 5. The molecule has 0 aliphatic rings. The number of carbonyl (C=O) groups is 1. The second kappa shape index (κ2) is 11.2. The number of amides is 1. The Morgan fingerprint density at radius 2 is 1.83 bits per heavy atom. The van der Waals surface area contributed by atoms with Crippen molar-refractivity contribution in [2.45, 2.75) is 19.5 Å².